The van der Waals surface area contributed by atoms with Gasteiger partial charge in [0.15, 0.2) is 0 Å². The van der Waals surface area contributed by atoms with E-state index in [2.05, 4.69) is 4.98 Å². The minimum atomic E-state index is -0.327. The van der Waals surface area contributed by atoms with Crippen molar-refractivity contribution < 1.29 is 14.3 Å². The SMILES string of the molecule is CCOC(=O)c1cccc([C@@H]2C[C@H](N)c3ccncc3O2)c1. The van der Waals surface area contributed by atoms with Gasteiger partial charge in [0.25, 0.3) is 0 Å². The van der Waals surface area contributed by atoms with Crippen LogP contribution in [-0.4, -0.2) is 17.6 Å². The second kappa shape index (κ2) is 6.15. The quantitative estimate of drug-likeness (QED) is 0.882. The van der Waals surface area contributed by atoms with Crippen LogP contribution in [0.4, 0.5) is 0 Å². The van der Waals surface area contributed by atoms with Gasteiger partial charge in [-0.25, -0.2) is 4.79 Å². The first kappa shape index (κ1) is 14.5. The maximum atomic E-state index is 11.8. The zero-order valence-corrected chi connectivity index (χ0v) is 12.4. The molecule has 22 heavy (non-hydrogen) atoms. The van der Waals surface area contributed by atoms with Gasteiger partial charge in [0.05, 0.1) is 18.4 Å². The Labute approximate surface area is 129 Å². The number of carbonyl (C=O) groups is 1. The van der Waals surface area contributed by atoms with E-state index in [9.17, 15) is 4.79 Å². The largest absolute Gasteiger partial charge is 0.484 e. The molecule has 0 saturated heterocycles. The molecule has 2 heterocycles. The molecule has 5 nitrogen and oxygen atoms in total. The number of pyridine rings is 1. The van der Waals surface area contributed by atoms with E-state index in [1.807, 2.05) is 18.2 Å². The number of esters is 1. The molecule has 0 fully saturated rings. The van der Waals surface area contributed by atoms with Gasteiger partial charge in [0.1, 0.15) is 11.9 Å². The molecule has 0 amide bonds. The molecule has 0 spiro atoms. The number of carbonyl (C=O) groups excluding carboxylic acids is 1. The summed E-state index contributed by atoms with van der Waals surface area (Å²) in [6.07, 6.45) is 3.85. The zero-order chi connectivity index (χ0) is 15.5. The predicted octanol–water partition coefficient (Wildman–Crippen LogP) is 2.78. The van der Waals surface area contributed by atoms with Gasteiger partial charge in [-0.2, -0.15) is 0 Å². The number of rotatable bonds is 3. The molecule has 0 radical (unpaired) electrons. The fourth-order valence-electron chi connectivity index (χ4n) is 2.64. The van der Waals surface area contributed by atoms with Crippen LogP contribution in [0.5, 0.6) is 5.75 Å². The standard InChI is InChI=1S/C17H18N2O3/c1-2-21-17(20)12-5-3-4-11(8-12)15-9-14(18)13-6-7-19-10-16(13)22-15/h3-8,10,14-15H,2,9,18H2,1H3/t14-,15-/m0/s1. The molecule has 1 aliphatic rings. The lowest BCUT2D eigenvalue weighted by molar-refractivity contribution is 0.0526. The Morgan fingerprint density at radius 2 is 2.32 bits per heavy atom. The molecule has 3 rings (SSSR count). The molecule has 1 aromatic carbocycles. The van der Waals surface area contributed by atoms with Crippen LogP contribution < -0.4 is 10.5 Å². The van der Waals surface area contributed by atoms with Crippen molar-refractivity contribution in [2.45, 2.75) is 25.5 Å². The Morgan fingerprint density at radius 1 is 1.45 bits per heavy atom. The lowest BCUT2D eigenvalue weighted by atomic mass is 9.94. The van der Waals surface area contributed by atoms with E-state index >= 15 is 0 Å². The van der Waals surface area contributed by atoms with Gasteiger partial charge >= 0.3 is 5.97 Å². The first-order chi connectivity index (χ1) is 10.7. The van der Waals surface area contributed by atoms with Crippen LogP contribution in [0.3, 0.4) is 0 Å². The van der Waals surface area contributed by atoms with Crippen molar-refractivity contribution in [3.63, 3.8) is 0 Å². The van der Waals surface area contributed by atoms with Gasteiger partial charge in [-0.15, -0.1) is 0 Å². The average Bonchev–Trinajstić information content (AvgIpc) is 2.55. The van der Waals surface area contributed by atoms with E-state index < -0.39 is 0 Å². The van der Waals surface area contributed by atoms with Crippen LogP contribution in [0.15, 0.2) is 42.7 Å². The third-order valence-electron chi connectivity index (χ3n) is 3.72. The number of nitrogens with zero attached hydrogens (tertiary/aromatic N) is 1. The second-order valence-electron chi connectivity index (χ2n) is 5.21. The van der Waals surface area contributed by atoms with Gasteiger partial charge in [0, 0.05) is 24.2 Å². The van der Waals surface area contributed by atoms with Crippen molar-refractivity contribution in [3.05, 3.63) is 59.4 Å². The van der Waals surface area contributed by atoms with E-state index in [1.54, 1.807) is 31.5 Å². The summed E-state index contributed by atoms with van der Waals surface area (Å²) in [5.41, 5.74) is 8.62. The van der Waals surface area contributed by atoms with Gasteiger partial charge in [0.2, 0.25) is 0 Å². The van der Waals surface area contributed by atoms with Gasteiger partial charge in [-0.1, -0.05) is 12.1 Å². The molecule has 1 aliphatic heterocycles. The Balaban J connectivity index is 1.87. The summed E-state index contributed by atoms with van der Waals surface area (Å²) in [5.74, 6) is 0.374. The Bertz CT molecular complexity index is 687. The normalized spacial score (nSPS) is 19.9. The van der Waals surface area contributed by atoms with E-state index in [4.69, 9.17) is 15.2 Å². The third-order valence-corrected chi connectivity index (χ3v) is 3.72. The molecule has 0 bridgehead atoms. The minimum absolute atomic E-state index is 0.108. The summed E-state index contributed by atoms with van der Waals surface area (Å²) in [6, 6.07) is 9.07. The van der Waals surface area contributed by atoms with Gasteiger partial charge in [-0.05, 0) is 30.7 Å². The molecule has 0 unspecified atom stereocenters. The smallest absolute Gasteiger partial charge is 0.338 e. The fourth-order valence-corrected chi connectivity index (χ4v) is 2.64. The number of fused-ring (bicyclic) bond motifs is 1. The van der Waals surface area contributed by atoms with Crippen molar-refractivity contribution in [2.75, 3.05) is 6.61 Å². The maximum Gasteiger partial charge on any atom is 0.338 e. The minimum Gasteiger partial charge on any atom is -0.484 e. The highest BCUT2D eigenvalue weighted by Crippen LogP contribution is 2.39. The summed E-state index contributed by atoms with van der Waals surface area (Å²) < 4.78 is 11.0. The van der Waals surface area contributed by atoms with E-state index in [0.717, 1.165) is 11.1 Å². The molecule has 114 valence electrons. The molecule has 0 aliphatic carbocycles. The summed E-state index contributed by atoms with van der Waals surface area (Å²) in [4.78, 5) is 15.9. The van der Waals surface area contributed by atoms with Crippen LogP contribution in [0.25, 0.3) is 0 Å². The van der Waals surface area contributed by atoms with Crippen molar-refractivity contribution in [3.8, 4) is 5.75 Å². The van der Waals surface area contributed by atoms with Crippen molar-refractivity contribution in [1.29, 1.82) is 0 Å². The predicted molar refractivity (Wildman–Crippen MR) is 81.5 cm³/mol. The molecule has 2 atom stereocenters. The number of nitrogens with two attached hydrogens (primary N) is 1. The van der Waals surface area contributed by atoms with Crippen LogP contribution in [0.1, 0.15) is 47.0 Å². The van der Waals surface area contributed by atoms with Crippen LogP contribution in [0, 0.1) is 0 Å². The van der Waals surface area contributed by atoms with Crippen LogP contribution >= 0.6 is 0 Å². The maximum absolute atomic E-state index is 11.8. The fraction of sp³-hybridized carbons (Fsp3) is 0.294. The molecule has 0 saturated carbocycles. The first-order valence-electron chi connectivity index (χ1n) is 7.32. The molecule has 1 aromatic heterocycles. The number of hydrogen-bond acceptors (Lipinski definition) is 5. The van der Waals surface area contributed by atoms with Crippen molar-refractivity contribution >= 4 is 5.97 Å². The van der Waals surface area contributed by atoms with E-state index in [0.29, 0.717) is 24.3 Å². The van der Waals surface area contributed by atoms with E-state index in [1.165, 1.54) is 0 Å². The highest BCUT2D eigenvalue weighted by molar-refractivity contribution is 5.89. The highest BCUT2D eigenvalue weighted by Gasteiger charge is 2.27. The third kappa shape index (κ3) is 2.80. The molecular formula is C17H18N2O3. The Morgan fingerprint density at radius 3 is 3.14 bits per heavy atom. The lowest BCUT2D eigenvalue weighted by Gasteiger charge is -2.30. The topological polar surface area (TPSA) is 74.4 Å². The van der Waals surface area contributed by atoms with Gasteiger partial charge < -0.3 is 15.2 Å². The Hall–Kier alpha value is -2.40. The molecular weight excluding hydrogens is 280 g/mol. The summed E-state index contributed by atoms with van der Waals surface area (Å²) in [7, 11) is 0. The highest BCUT2D eigenvalue weighted by atomic mass is 16.5. The average molecular weight is 298 g/mol. The van der Waals surface area contributed by atoms with Crippen LogP contribution in [-0.2, 0) is 4.74 Å². The van der Waals surface area contributed by atoms with E-state index in [-0.39, 0.29) is 18.1 Å². The molecule has 5 heteroatoms. The summed E-state index contributed by atoms with van der Waals surface area (Å²) in [6.45, 7) is 2.14. The molecule has 2 N–H and O–H groups in total. The first-order valence-corrected chi connectivity index (χ1v) is 7.32. The lowest BCUT2D eigenvalue weighted by Crippen LogP contribution is -2.24. The number of ether oxygens (including phenoxy) is 2. The zero-order valence-electron chi connectivity index (χ0n) is 12.4. The molecule has 2 aromatic rings. The summed E-state index contributed by atoms with van der Waals surface area (Å²) >= 11 is 0. The van der Waals surface area contributed by atoms with Gasteiger partial charge in [-0.3, -0.25) is 4.98 Å². The van der Waals surface area contributed by atoms with Crippen molar-refractivity contribution in [2.24, 2.45) is 5.73 Å². The number of aromatic nitrogens is 1. The van der Waals surface area contributed by atoms with Crippen LogP contribution in [0.2, 0.25) is 0 Å². The van der Waals surface area contributed by atoms with Crippen molar-refractivity contribution in [1.82, 2.24) is 4.98 Å². The number of hydrogen-bond donors (Lipinski definition) is 1. The number of benzene rings is 1. The monoisotopic (exact) mass is 298 g/mol. The second-order valence-corrected chi connectivity index (χ2v) is 5.21. The summed E-state index contributed by atoms with van der Waals surface area (Å²) in [5, 5.41) is 0. The Kier molecular flexibility index (Phi) is 4.06.